The molecule has 53 heavy (non-hydrogen) atoms. The molecule has 0 aliphatic heterocycles. The molecular formula is C40H55N5O8. The number of aliphatic hydroxyl groups is 1. The molecule has 5 atom stereocenters. The molecule has 1 aromatic heterocycles. The number of carbonyl (C=O) groups excluding carboxylic acids is 4. The number of nitrogens with zero attached hydrogens (tertiary/aromatic N) is 1. The number of aromatic nitrogens is 1. The summed E-state index contributed by atoms with van der Waals surface area (Å²) in [6.45, 7) is 10.8. The summed E-state index contributed by atoms with van der Waals surface area (Å²) in [6.07, 6.45) is -3.29. The average molecular weight is 734 g/mol. The minimum atomic E-state index is -1.19. The van der Waals surface area contributed by atoms with Crippen LogP contribution in [0, 0.1) is 10.8 Å². The Kier molecular flexibility index (Phi) is 15.2. The Labute approximate surface area is 312 Å². The highest BCUT2D eigenvalue weighted by atomic mass is 16.6. The van der Waals surface area contributed by atoms with E-state index < -0.39 is 65.2 Å². The van der Waals surface area contributed by atoms with Crippen LogP contribution in [0.25, 0.3) is 11.3 Å². The van der Waals surface area contributed by atoms with E-state index in [1.54, 1.807) is 33.9 Å². The molecule has 3 aromatic rings. The zero-order valence-electron chi connectivity index (χ0n) is 32.2. The summed E-state index contributed by atoms with van der Waals surface area (Å²) >= 11 is 0. The van der Waals surface area contributed by atoms with Gasteiger partial charge in [0.15, 0.2) is 6.10 Å². The molecule has 0 radical (unpaired) electrons. The van der Waals surface area contributed by atoms with E-state index in [0.717, 1.165) is 22.4 Å². The number of aliphatic hydroxyl groups excluding tert-OH is 1. The van der Waals surface area contributed by atoms with Crippen molar-refractivity contribution >= 4 is 24.0 Å². The van der Waals surface area contributed by atoms with Crippen LogP contribution in [0.5, 0.6) is 5.88 Å². The van der Waals surface area contributed by atoms with Gasteiger partial charge < -0.3 is 40.6 Å². The van der Waals surface area contributed by atoms with Crippen LogP contribution in [0.15, 0.2) is 72.8 Å². The Balaban J connectivity index is 1.97. The highest BCUT2D eigenvalue weighted by Gasteiger charge is 2.38. The first-order valence-corrected chi connectivity index (χ1v) is 17.6. The van der Waals surface area contributed by atoms with E-state index in [1.807, 2.05) is 87.5 Å². The molecule has 1 heterocycles. The molecule has 288 valence electrons. The fraction of sp³-hybridized carbons (Fsp3) is 0.475. The molecule has 3 rings (SSSR count). The second-order valence-corrected chi connectivity index (χ2v) is 15.1. The maximum Gasteiger partial charge on any atom is 0.407 e. The van der Waals surface area contributed by atoms with Crippen molar-refractivity contribution in [2.45, 2.75) is 91.1 Å². The van der Waals surface area contributed by atoms with Gasteiger partial charge in [-0.1, -0.05) is 102 Å². The number of methoxy groups -OCH3 is 2. The fourth-order valence-corrected chi connectivity index (χ4v) is 5.77. The standard InChI is InChI=1S/C40H55N5O8/c1-39(2,3)33(45-38(50)52-9)35(47)42-28(22-25-14-11-10-12-15-25)24-31(46)30(44-36(48)34(40(4,5)6)53-37(49)41-7)23-26-18-20-27(21-19-26)29-16-13-17-32(43-29)51-8/h10-21,28,30-31,33-34,46H,22-24H2,1-9H3,(H,41,49)(H,42,47)(H,44,48)(H,45,50)/t28-,30-,31-,33+,34+/m0/s1. The van der Waals surface area contributed by atoms with Gasteiger partial charge in [-0.25, -0.2) is 14.6 Å². The third-order valence-corrected chi connectivity index (χ3v) is 8.66. The largest absolute Gasteiger partial charge is 0.481 e. The summed E-state index contributed by atoms with van der Waals surface area (Å²) in [4.78, 5) is 56.6. The lowest BCUT2D eigenvalue weighted by Crippen LogP contribution is -2.57. The highest BCUT2D eigenvalue weighted by molar-refractivity contribution is 5.87. The van der Waals surface area contributed by atoms with Crippen molar-refractivity contribution in [1.82, 2.24) is 26.3 Å². The zero-order chi connectivity index (χ0) is 39.3. The number of nitrogens with one attached hydrogen (secondary N) is 4. The second-order valence-electron chi connectivity index (χ2n) is 15.1. The number of ether oxygens (including phenoxy) is 3. The molecule has 13 nitrogen and oxygen atoms in total. The molecule has 0 aliphatic rings. The molecule has 0 saturated carbocycles. The molecule has 5 N–H and O–H groups in total. The van der Waals surface area contributed by atoms with Gasteiger partial charge in [-0.05, 0) is 41.9 Å². The third kappa shape index (κ3) is 13.1. The molecule has 0 unspecified atom stereocenters. The summed E-state index contributed by atoms with van der Waals surface area (Å²) in [7, 11) is 4.18. The van der Waals surface area contributed by atoms with Crippen LogP contribution in [0.4, 0.5) is 9.59 Å². The predicted molar refractivity (Wildman–Crippen MR) is 202 cm³/mol. The zero-order valence-corrected chi connectivity index (χ0v) is 32.2. The number of pyridine rings is 1. The minimum Gasteiger partial charge on any atom is -0.481 e. The van der Waals surface area contributed by atoms with E-state index in [4.69, 9.17) is 14.2 Å². The van der Waals surface area contributed by atoms with Gasteiger partial charge in [0.05, 0.1) is 32.1 Å². The number of hydrogen-bond donors (Lipinski definition) is 5. The number of rotatable bonds is 15. The van der Waals surface area contributed by atoms with Crippen molar-refractivity contribution in [1.29, 1.82) is 0 Å². The molecule has 0 aliphatic carbocycles. The number of alkyl carbamates (subject to hydrolysis) is 2. The van der Waals surface area contributed by atoms with Gasteiger partial charge in [-0.2, -0.15) is 0 Å². The maximum absolute atomic E-state index is 13.9. The Morgan fingerprint density at radius 1 is 0.736 bits per heavy atom. The third-order valence-electron chi connectivity index (χ3n) is 8.66. The summed E-state index contributed by atoms with van der Waals surface area (Å²) in [5.74, 6) is -0.553. The number of hydrogen-bond acceptors (Lipinski definition) is 9. The van der Waals surface area contributed by atoms with Crippen molar-refractivity contribution in [3.05, 3.63) is 83.9 Å². The van der Waals surface area contributed by atoms with Crippen LogP contribution in [0.1, 0.15) is 59.1 Å². The van der Waals surface area contributed by atoms with Crippen LogP contribution in [0.3, 0.4) is 0 Å². The molecule has 0 spiro atoms. The topological polar surface area (TPSA) is 177 Å². The van der Waals surface area contributed by atoms with Gasteiger partial charge in [-0.15, -0.1) is 0 Å². The summed E-state index contributed by atoms with van der Waals surface area (Å²) in [5, 5.41) is 23.0. The van der Waals surface area contributed by atoms with Gasteiger partial charge in [0.2, 0.25) is 11.8 Å². The molecule has 0 bridgehead atoms. The van der Waals surface area contributed by atoms with Crippen LogP contribution in [0.2, 0.25) is 0 Å². The van der Waals surface area contributed by atoms with Crippen molar-refractivity contribution in [2.24, 2.45) is 10.8 Å². The lowest BCUT2D eigenvalue weighted by Gasteiger charge is -2.34. The number of benzene rings is 2. The summed E-state index contributed by atoms with van der Waals surface area (Å²) in [5.41, 5.74) is 1.82. The van der Waals surface area contributed by atoms with Crippen molar-refractivity contribution in [2.75, 3.05) is 21.3 Å². The van der Waals surface area contributed by atoms with E-state index in [0.29, 0.717) is 12.3 Å². The first-order chi connectivity index (χ1) is 24.9. The van der Waals surface area contributed by atoms with Crippen molar-refractivity contribution in [3.63, 3.8) is 0 Å². The maximum atomic E-state index is 13.9. The molecule has 4 amide bonds. The minimum absolute atomic E-state index is 0.0307. The second kappa shape index (κ2) is 19.1. The Morgan fingerprint density at radius 3 is 1.94 bits per heavy atom. The van der Waals surface area contributed by atoms with Gasteiger partial charge >= 0.3 is 12.2 Å². The van der Waals surface area contributed by atoms with E-state index in [9.17, 15) is 24.3 Å². The van der Waals surface area contributed by atoms with E-state index in [1.165, 1.54) is 14.2 Å². The monoisotopic (exact) mass is 733 g/mol. The SMILES string of the molecule is CNC(=O)O[C@H](C(=O)N[C@@H](Cc1ccc(-c2cccc(OC)n2)cc1)[C@@H](O)C[C@H](Cc1ccccc1)NC(=O)[C@@H](NC(=O)OC)C(C)(C)C)C(C)(C)C. The lowest BCUT2D eigenvalue weighted by molar-refractivity contribution is -0.136. The average Bonchev–Trinajstić information content (AvgIpc) is 3.11. The normalized spacial score (nSPS) is 14.4. The van der Waals surface area contributed by atoms with E-state index in [2.05, 4.69) is 26.3 Å². The quantitative estimate of drug-likeness (QED) is 0.147. The molecular weight excluding hydrogens is 678 g/mol. The number of amides is 4. The van der Waals surface area contributed by atoms with Gasteiger partial charge in [0.1, 0.15) is 6.04 Å². The van der Waals surface area contributed by atoms with Crippen molar-refractivity contribution in [3.8, 4) is 17.1 Å². The van der Waals surface area contributed by atoms with Crippen molar-refractivity contribution < 1.29 is 38.5 Å². The predicted octanol–water partition coefficient (Wildman–Crippen LogP) is 4.80. The smallest absolute Gasteiger partial charge is 0.407 e. The van der Waals surface area contributed by atoms with E-state index in [-0.39, 0.29) is 12.8 Å². The Bertz CT molecular complexity index is 1650. The van der Waals surface area contributed by atoms with Crippen LogP contribution in [-0.2, 0) is 31.9 Å². The van der Waals surface area contributed by atoms with Gasteiger partial charge in [0.25, 0.3) is 5.91 Å². The summed E-state index contributed by atoms with van der Waals surface area (Å²) in [6, 6.07) is 20.1. The molecule has 13 heteroatoms. The lowest BCUT2D eigenvalue weighted by atomic mass is 9.85. The van der Waals surface area contributed by atoms with Crippen LogP contribution < -0.4 is 26.0 Å². The van der Waals surface area contributed by atoms with E-state index >= 15 is 0 Å². The first kappa shape index (κ1) is 42.2. The first-order valence-electron chi connectivity index (χ1n) is 17.6. The Morgan fingerprint density at radius 2 is 1.38 bits per heavy atom. The highest BCUT2D eigenvalue weighted by Crippen LogP contribution is 2.25. The molecule has 2 aromatic carbocycles. The molecule has 0 saturated heterocycles. The van der Waals surface area contributed by atoms with Gasteiger partial charge in [0, 0.05) is 30.1 Å². The Hall–Kier alpha value is -5.17. The fourth-order valence-electron chi connectivity index (χ4n) is 5.77. The number of carbonyl (C=O) groups is 4. The molecule has 0 fully saturated rings. The van der Waals surface area contributed by atoms with Gasteiger partial charge in [-0.3, -0.25) is 9.59 Å². The van der Waals surface area contributed by atoms with Crippen LogP contribution in [-0.4, -0.2) is 85.7 Å². The van der Waals surface area contributed by atoms with Crippen LogP contribution >= 0.6 is 0 Å². The summed E-state index contributed by atoms with van der Waals surface area (Å²) < 4.78 is 15.5.